The Bertz CT molecular complexity index is 706. The van der Waals surface area contributed by atoms with Crippen LogP contribution in [0.4, 0.5) is 5.69 Å². The highest BCUT2D eigenvalue weighted by atomic mass is 35.5. The first-order valence-electron chi connectivity index (χ1n) is 7.70. The number of piperazine rings is 1. The third-order valence-corrected chi connectivity index (χ3v) is 4.57. The molecule has 1 fully saturated rings. The van der Waals surface area contributed by atoms with E-state index >= 15 is 0 Å². The molecule has 0 spiro atoms. The van der Waals surface area contributed by atoms with Gasteiger partial charge in [-0.2, -0.15) is 5.10 Å². The van der Waals surface area contributed by atoms with Gasteiger partial charge in [0.2, 0.25) is 5.91 Å². The van der Waals surface area contributed by atoms with Crippen molar-refractivity contribution in [3.63, 3.8) is 0 Å². The summed E-state index contributed by atoms with van der Waals surface area (Å²) in [5.41, 5.74) is 2.24. The van der Waals surface area contributed by atoms with E-state index in [1.165, 1.54) is 0 Å². The van der Waals surface area contributed by atoms with Crippen molar-refractivity contribution in [2.24, 2.45) is 0 Å². The smallest absolute Gasteiger partial charge is 0.230 e. The molecular weight excluding hydrogens is 314 g/mol. The minimum Gasteiger partial charge on any atom is -0.368 e. The molecule has 122 valence electrons. The normalized spacial score (nSPS) is 15.1. The Kier molecular flexibility index (Phi) is 4.52. The van der Waals surface area contributed by atoms with Crippen molar-refractivity contribution in [1.82, 2.24) is 20.1 Å². The van der Waals surface area contributed by atoms with Crippen LogP contribution in [0.5, 0.6) is 0 Å². The van der Waals surface area contributed by atoms with E-state index in [2.05, 4.69) is 26.1 Å². The number of aromatic amines is 1. The summed E-state index contributed by atoms with van der Waals surface area (Å²) in [5.74, 6) is 1.36. The Morgan fingerprint density at radius 1 is 1.26 bits per heavy atom. The van der Waals surface area contributed by atoms with E-state index in [1.54, 1.807) is 0 Å². The number of carbonyl (C=O) groups is 1. The highest BCUT2D eigenvalue weighted by Crippen LogP contribution is 2.27. The molecule has 1 aliphatic heterocycles. The van der Waals surface area contributed by atoms with Gasteiger partial charge in [-0.3, -0.25) is 9.89 Å². The number of hydrogen-bond acceptors (Lipinski definition) is 4. The molecule has 1 aromatic heterocycles. The second-order valence-corrected chi connectivity index (χ2v) is 6.17. The maximum Gasteiger partial charge on any atom is 0.230 e. The van der Waals surface area contributed by atoms with Crippen LogP contribution in [-0.4, -0.2) is 52.2 Å². The summed E-state index contributed by atoms with van der Waals surface area (Å²) < 4.78 is 0. The summed E-state index contributed by atoms with van der Waals surface area (Å²) >= 11 is 6.20. The monoisotopic (exact) mass is 333 g/mol. The van der Waals surface area contributed by atoms with Gasteiger partial charge in [0.05, 0.1) is 6.42 Å². The molecule has 1 saturated heterocycles. The number of H-pyrrole nitrogens is 1. The van der Waals surface area contributed by atoms with Crippen LogP contribution in [0.3, 0.4) is 0 Å². The van der Waals surface area contributed by atoms with E-state index < -0.39 is 0 Å². The zero-order valence-electron chi connectivity index (χ0n) is 13.3. The number of aryl methyl sites for hydroxylation is 1. The van der Waals surface area contributed by atoms with E-state index in [4.69, 9.17) is 11.6 Å². The van der Waals surface area contributed by atoms with Crippen LogP contribution in [0.1, 0.15) is 17.2 Å². The number of hydrogen-bond donors (Lipinski definition) is 1. The number of nitrogens with one attached hydrogen (secondary N) is 1. The lowest BCUT2D eigenvalue weighted by molar-refractivity contribution is -0.130. The van der Waals surface area contributed by atoms with Crippen LogP contribution in [0.15, 0.2) is 18.2 Å². The van der Waals surface area contributed by atoms with Crippen molar-refractivity contribution in [3.05, 3.63) is 40.4 Å². The van der Waals surface area contributed by atoms with Crippen LogP contribution in [0.25, 0.3) is 0 Å². The molecule has 1 aromatic carbocycles. The highest BCUT2D eigenvalue weighted by Gasteiger charge is 2.23. The molecule has 2 aromatic rings. The maximum atomic E-state index is 12.3. The van der Waals surface area contributed by atoms with E-state index in [0.717, 1.165) is 35.2 Å². The number of aromatic nitrogens is 3. The minimum atomic E-state index is 0.0754. The zero-order valence-corrected chi connectivity index (χ0v) is 14.1. The van der Waals surface area contributed by atoms with Gasteiger partial charge in [0, 0.05) is 36.9 Å². The predicted octanol–water partition coefficient (Wildman–Crippen LogP) is 1.97. The van der Waals surface area contributed by atoms with Crippen molar-refractivity contribution < 1.29 is 4.79 Å². The molecule has 3 rings (SSSR count). The molecule has 0 saturated carbocycles. The molecule has 0 atom stereocenters. The number of benzene rings is 1. The zero-order chi connectivity index (χ0) is 16.4. The largest absolute Gasteiger partial charge is 0.368 e. The molecule has 0 radical (unpaired) electrons. The highest BCUT2D eigenvalue weighted by molar-refractivity contribution is 6.31. The Hall–Kier alpha value is -2.08. The molecule has 0 bridgehead atoms. The van der Waals surface area contributed by atoms with Gasteiger partial charge in [-0.1, -0.05) is 17.7 Å². The second-order valence-electron chi connectivity index (χ2n) is 5.77. The number of rotatable bonds is 3. The van der Waals surface area contributed by atoms with Gasteiger partial charge >= 0.3 is 0 Å². The standard InChI is InChI=1S/C16H20ClN5O/c1-11-13(17)4-3-5-14(11)21-6-8-22(9-7-21)16(23)10-15-18-12(2)19-20-15/h3-5H,6-10H2,1-2H3,(H,18,19,20). The first kappa shape index (κ1) is 15.8. The Balaban J connectivity index is 1.59. The molecule has 6 nitrogen and oxygen atoms in total. The summed E-state index contributed by atoms with van der Waals surface area (Å²) in [7, 11) is 0. The van der Waals surface area contributed by atoms with Crippen molar-refractivity contribution in [1.29, 1.82) is 0 Å². The number of amides is 1. The van der Waals surface area contributed by atoms with Gasteiger partial charge in [0.25, 0.3) is 0 Å². The lowest BCUT2D eigenvalue weighted by Gasteiger charge is -2.36. The predicted molar refractivity (Wildman–Crippen MR) is 89.8 cm³/mol. The molecule has 1 amide bonds. The Morgan fingerprint density at radius 3 is 2.65 bits per heavy atom. The lowest BCUT2D eigenvalue weighted by Crippen LogP contribution is -2.49. The molecule has 0 unspecified atom stereocenters. The summed E-state index contributed by atoms with van der Waals surface area (Å²) in [6, 6.07) is 5.95. The molecule has 7 heteroatoms. The van der Waals surface area contributed by atoms with E-state index in [9.17, 15) is 4.79 Å². The Labute approximate surface area is 140 Å². The van der Waals surface area contributed by atoms with Crippen LogP contribution >= 0.6 is 11.6 Å². The van der Waals surface area contributed by atoms with E-state index in [1.807, 2.05) is 30.9 Å². The lowest BCUT2D eigenvalue weighted by atomic mass is 10.1. The third kappa shape index (κ3) is 3.47. The fourth-order valence-corrected chi connectivity index (χ4v) is 3.02. The average molecular weight is 334 g/mol. The molecular formula is C16H20ClN5O. The maximum absolute atomic E-state index is 12.3. The van der Waals surface area contributed by atoms with Crippen LogP contribution < -0.4 is 4.90 Å². The van der Waals surface area contributed by atoms with Crippen molar-refractivity contribution in [2.45, 2.75) is 20.3 Å². The number of carbonyl (C=O) groups excluding carboxylic acids is 1. The first-order valence-corrected chi connectivity index (χ1v) is 8.08. The fraction of sp³-hybridized carbons (Fsp3) is 0.438. The number of nitrogens with zero attached hydrogens (tertiary/aromatic N) is 4. The number of halogens is 1. The van der Waals surface area contributed by atoms with Crippen molar-refractivity contribution >= 4 is 23.2 Å². The number of anilines is 1. The van der Waals surface area contributed by atoms with Crippen LogP contribution in [-0.2, 0) is 11.2 Å². The van der Waals surface area contributed by atoms with Gasteiger partial charge in [-0.05, 0) is 31.5 Å². The summed E-state index contributed by atoms with van der Waals surface area (Å²) in [4.78, 5) is 20.7. The van der Waals surface area contributed by atoms with Gasteiger partial charge in [0.1, 0.15) is 5.82 Å². The molecule has 1 aliphatic rings. The van der Waals surface area contributed by atoms with Gasteiger partial charge in [0.15, 0.2) is 5.82 Å². The molecule has 2 heterocycles. The fourth-order valence-electron chi connectivity index (χ4n) is 2.85. The quantitative estimate of drug-likeness (QED) is 0.932. The topological polar surface area (TPSA) is 65.1 Å². The molecule has 0 aliphatic carbocycles. The van der Waals surface area contributed by atoms with Crippen molar-refractivity contribution in [2.75, 3.05) is 31.1 Å². The Morgan fingerprint density at radius 2 is 2.00 bits per heavy atom. The van der Waals surface area contributed by atoms with Crippen molar-refractivity contribution in [3.8, 4) is 0 Å². The van der Waals surface area contributed by atoms with E-state index in [-0.39, 0.29) is 12.3 Å². The first-order chi connectivity index (χ1) is 11.0. The molecule has 1 N–H and O–H groups in total. The van der Waals surface area contributed by atoms with Crippen LogP contribution in [0, 0.1) is 13.8 Å². The summed E-state index contributed by atoms with van der Waals surface area (Å²) in [6.07, 6.45) is 0.251. The van der Waals surface area contributed by atoms with E-state index in [0.29, 0.717) is 18.9 Å². The SMILES string of the molecule is Cc1nc(CC(=O)N2CCN(c3cccc(Cl)c3C)CC2)n[nH]1. The average Bonchev–Trinajstić information content (AvgIpc) is 2.95. The van der Waals surface area contributed by atoms with Gasteiger partial charge in [-0.25, -0.2) is 4.98 Å². The summed E-state index contributed by atoms with van der Waals surface area (Å²) in [6.45, 7) is 6.87. The molecule has 23 heavy (non-hydrogen) atoms. The van der Waals surface area contributed by atoms with Gasteiger partial charge in [-0.15, -0.1) is 0 Å². The minimum absolute atomic E-state index is 0.0754. The van der Waals surface area contributed by atoms with Gasteiger partial charge < -0.3 is 9.80 Å². The third-order valence-electron chi connectivity index (χ3n) is 4.17. The summed E-state index contributed by atoms with van der Waals surface area (Å²) in [5, 5.41) is 7.57. The second kappa shape index (κ2) is 6.58. The van der Waals surface area contributed by atoms with Crippen LogP contribution in [0.2, 0.25) is 5.02 Å².